The first-order valence-corrected chi connectivity index (χ1v) is 9.35. The lowest BCUT2D eigenvalue weighted by Gasteiger charge is -2.22. The molecule has 28 heavy (non-hydrogen) atoms. The summed E-state index contributed by atoms with van der Waals surface area (Å²) >= 11 is 0. The number of benzene rings is 2. The molecular formula is C23H26N4O. The topological polar surface area (TPSA) is 50.2 Å². The molecule has 3 aromatic rings. The van der Waals surface area contributed by atoms with E-state index < -0.39 is 0 Å². The molecule has 0 aliphatic rings. The average Bonchev–Trinajstić information content (AvgIpc) is 3.14. The minimum absolute atomic E-state index is 0.0610. The van der Waals surface area contributed by atoms with E-state index in [0.717, 1.165) is 17.7 Å². The highest BCUT2D eigenvalue weighted by molar-refractivity contribution is 5.91. The molecule has 1 heterocycles. The normalized spacial score (nSPS) is 12.4. The molecule has 0 unspecified atom stereocenters. The second-order valence-electron chi connectivity index (χ2n) is 7.02. The number of carbonyl (C=O) groups excluding carboxylic acids is 1. The fourth-order valence-electron chi connectivity index (χ4n) is 3.00. The Kier molecular flexibility index (Phi) is 6.76. The Hall–Kier alpha value is -3.18. The maximum Gasteiger partial charge on any atom is 0.244 e. The number of nitrogens with one attached hydrogen (secondary N) is 1. The van der Waals surface area contributed by atoms with Crippen LogP contribution in [0.3, 0.4) is 0 Å². The summed E-state index contributed by atoms with van der Waals surface area (Å²) in [6, 6.07) is 20.1. The van der Waals surface area contributed by atoms with E-state index in [9.17, 15) is 4.79 Å². The van der Waals surface area contributed by atoms with Crippen LogP contribution < -0.4 is 5.32 Å². The van der Waals surface area contributed by atoms with Crippen molar-refractivity contribution < 1.29 is 4.79 Å². The molecule has 0 fully saturated rings. The van der Waals surface area contributed by atoms with E-state index in [0.29, 0.717) is 6.54 Å². The van der Waals surface area contributed by atoms with Gasteiger partial charge in [-0.3, -0.25) is 9.48 Å². The molecule has 5 heteroatoms. The van der Waals surface area contributed by atoms with Crippen LogP contribution in [0.2, 0.25) is 0 Å². The van der Waals surface area contributed by atoms with Gasteiger partial charge in [-0.1, -0.05) is 60.7 Å². The first-order valence-electron chi connectivity index (χ1n) is 9.35. The second kappa shape index (κ2) is 9.67. The summed E-state index contributed by atoms with van der Waals surface area (Å²) in [5.41, 5.74) is 3.18. The smallest absolute Gasteiger partial charge is 0.244 e. The summed E-state index contributed by atoms with van der Waals surface area (Å²) in [7, 11) is 4.00. The maximum atomic E-state index is 12.4. The quantitative estimate of drug-likeness (QED) is 0.615. The van der Waals surface area contributed by atoms with Crippen LogP contribution in [0.25, 0.3) is 6.08 Å². The SMILES string of the molecule is CN(C)C[C@H](NC(=O)/C=C/c1cnn(Cc2ccccc2)c1)c1ccccc1. The van der Waals surface area contributed by atoms with Crippen LogP contribution >= 0.6 is 0 Å². The Morgan fingerprint density at radius 3 is 2.46 bits per heavy atom. The van der Waals surface area contributed by atoms with Crippen molar-refractivity contribution in [3.8, 4) is 0 Å². The summed E-state index contributed by atoms with van der Waals surface area (Å²) in [6.07, 6.45) is 7.06. The lowest BCUT2D eigenvalue weighted by Crippen LogP contribution is -2.34. The number of hydrogen-bond acceptors (Lipinski definition) is 3. The second-order valence-corrected chi connectivity index (χ2v) is 7.02. The third-order valence-corrected chi connectivity index (χ3v) is 4.33. The Balaban J connectivity index is 1.61. The lowest BCUT2D eigenvalue weighted by molar-refractivity contribution is -0.117. The van der Waals surface area contributed by atoms with E-state index >= 15 is 0 Å². The number of rotatable bonds is 8. The van der Waals surface area contributed by atoms with Gasteiger partial charge in [-0.15, -0.1) is 0 Å². The number of likely N-dealkylation sites (N-methyl/N-ethyl adjacent to an activating group) is 1. The Morgan fingerprint density at radius 2 is 1.79 bits per heavy atom. The summed E-state index contributed by atoms with van der Waals surface area (Å²) < 4.78 is 1.87. The minimum Gasteiger partial charge on any atom is -0.344 e. The van der Waals surface area contributed by atoms with Crippen molar-refractivity contribution in [3.63, 3.8) is 0 Å². The number of hydrogen-bond donors (Lipinski definition) is 1. The van der Waals surface area contributed by atoms with Gasteiger partial charge in [0.2, 0.25) is 5.91 Å². The van der Waals surface area contributed by atoms with Gasteiger partial charge in [0.15, 0.2) is 0 Å². The van der Waals surface area contributed by atoms with Gasteiger partial charge in [-0.25, -0.2) is 0 Å². The van der Waals surface area contributed by atoms with Crippen LogP contribution in [0.5, 0.6) is 0 Å². The molecule has 0 aliphatic heterocycles. The van der Waals surface area contributed by atoms with E-state index in [1.165, 1.54) is 5.56 Å². The van der Waals surface area contributed by atoms with Gasteiger partial charge >= 0.3 is 0 Å². The minimum atomic E-state index is -0.119. The van der Waals surface area contributed by atoms with Crippen molar-refractivity contribution in [2.75, 3.05) is 20.6 Å². The molecular weight excluding hydrogens is 348 g/mol. The van der Waals surface area contributed by atoms with E-state index in [2.05, 4.69) is 27.4 Å². The standard InChI is InChI=1S/C23H26N4O/c1-26(2)18-22(21-11-7-4-8-12-21)25-23(28)14-13-20-15-24-27(17-20)16-19-9-5-3-6-10-19/h3-15,17,22H,16,18H2,1-2H3,(H,25,28)/b14-13+/t22-/m0/s1. The molecule has 1 amide bonds. The lowest BCUT2D eigenvalue weighted by atomic mass is 10.1. The van der Waals surface area contributed by atoms with Crippen molar-refractivity contribution in [2.45, 2.75) is 12.6 Å². The highest BCUT2D eigenvalue weighted by Crippen LogP contribution is 2.13. The van der Waals surface area contributed by atoms with Crippen LogP contribution in [0, 0.1) is 0 Å². The summed E-state index contributed by atoms with van der Waals surface area (Å²) in [6.45, 7) is 1.44. The van der Waals surface area contributed by atoms with E-state index in [4.69, 9.17) is 0 Å². The fourth-order valence-corrected chi connectivity index (χ4v) is 3.00. The molecule has 0 bridgehead atoms. The molecule has 0 saturated heterocycles. The zero-order valence-corrected chi connectivity index (χ0v) is 16.3. The van der Waals surface area contributed by atoms with Crippen LogP contribution in [-0.4, -0.2) is 41.2 Å². The monoisotopic (exact) mass is 374 g/mol. The maximum absolute atomic E-state index is 12.4. The van der Waals surface area contributed by atoms with Gasteiger partial charge in [-0.2, -0.15) is 5.10 Å². The van der Waals surface area contributed by atoms with Gasteiger partial charge in [0.05, 0.1) is 18.8 Å². The third kappa shape index (κ3) is 5.93. The van der Waals surface area contributed by atoms with Crippen molar-refractivity contribution in [2.24, 2.45) is 0 Å². The Labute approximate surface area is 166 Å². The molecule has 3 rings (SSSR count). The van der Waals surface area contributed by atoms with Crippen molar-refractivity contribution >= 4 is 12.0 Å². The van der Waals surface area contributed by atoms with Gasteiger partial charge < -0.3 is 10.2 Å². The Bertz CT molecular complexity index is 901. The molecule has 0 radical (unpaired) electrons. The van der Waals surface area contributed by atoms with Crippen LogP contribution in [0.1, 0.15) is 22.7 Å². The molecule has 5 nitrogen and oxygen atoms in total. The number of nitrogens with zero attached hydrogens (tertiary/aromatic N) is 3. The molecule has 0 spiro atoms. The predicted molar refractivity (Wildman–Crippen MR) is 113 cm³/mol. The van der Waals surface area contributed by atoms with Gasteiger partial charge in [0, 0.05) is 24.4 Å². The molecule has 1 aromatic heterocycles. The number of carbonyl (C=O) groups is 1. The molecule has 2 aromatic carbocycles. The van der Waals surface area contributed by atoms with Gasteiger partial charge in [0.1, 0.15) is 0 Å². The first kappa shape index (κ1) is 19.6. The largest absolute Gasteiger partial charge is 0.344 e. The Morgan fingerprint density at radius 1 is 1.11 bits per heavy atom. The van der Waals surface area contributed by atoms with E-state index in [1.54, 1.807) is 18.3 Å². The van der Waals surface area contributed by atoms with Crippen LogP contribution in [0.4, 0.5) is 0 Å². The van der Waals surface area contributed by atoms with Crippen LogP contribution in [-0.2, 0) is 11.3 Å². The van der Waals surface area contributed by atoms with Gasteiger partial charge in [-0.05, 0) is 31.3 Å². The zero-order valence-electron chi connectivity index (χ0n) is 16.3. The summed E-state index contributed by atoms with van der Waals surface area (Å²) in [5.74, 6) is -0.119. The van der Waals surface area contributed by atoms with Crippen molar-refractivity contribution in [3.05, 3.63) is 95.8 Å². The van der Waals surface area contributed by atoms with Crippen molar-refractivity contribution in [1.29, 1.82) is 0 Å². The average molecular weight is 374 g/mol. The zero-order chi connectivity index (χ0) is 19.8. The van der Waals surface area contributed by atoms with Crippen LogP contribution in [0.15, 0.2) is 79.1 Å². The molecule has 144 valence electrons. The third-order valence-electron chi connectivity index (χ3n) is 4.33. The molecule has 1 atom stereocenters. The van der Waals surface area contributed by atoms with Crippen molar-refractivity contribution in [1.82, 2.24) is 20.0 Å². The predicted octanol–water partition coefficient (Wildman–Crippen LogP) is 3.36. The van der Waals surface area contributed by atoms with E-state index in [1.807, 2.05) is 73.5 Å². The fraction of sp³-hybridized carbons (Fsp3) is 0.217. The number of amides is 1. The molecule has 0 aliphatic carbocycles. The molecule has 0 saturated carbocycles. The highest BCUT2D eigenvalue weighted by atomic mass is 16.1. The summed E-state index contributed by atoms with van der Waals surface area (Å²) in [4.78, 5) is 14.5. The number of aromatic nitrogens is 2. The highest BCUT2D eigenvalue weighted by Gasteiger charge is 2.14. The van der Waals surface area contributed by atoms with E-state index in [-0.39, 0.29) is 11.9 Å². The molecule has 1 N–H and O–H groups in total. The van der Waals surface area contributed by atoms with Gasteiger partial charge in [0.25, 0.3) is 0 Å². The summed E-state index contributed by atoms with van der Waals surface area (Å²) in [5, 5.41) is 7.45. The first-order chi connectivity index (χ1) is 13.6.